The van der Waals surface area contributed by atoms with Gasteiger partial charge in [0.05, 0.1) is 20.8 Å². The molecule has 1 unspecified atom stereocenters. The zero-order valence-electron chi connectivity index (χ0n) is 18.5. The minimum absolute atomic E-state index is 0.0664. The lowest BCUT2D eigenvalue weighted by Gasteiger charge is -2.22. The zero-order valence-corrected chi connectivity index (χ0v) is 18.5. The Hall–Kier alpha value is -3.55. The van der Waals surface area contributed by atoms with Crippen LogP contribution in [0.15, 0.2) is 47.0 Å². The summed E-state index contributed by atoms with van der Waals surface area (Å²) in [4.78, 5) is 19.0. The maximum atomic E-state index is 12.6. The van der Waals surface area contributed by atoms with Crippen molar-refractivity contribution in [2.45, 2.75) is 38.8 Å². The first-order valence-electron chi connectivity index (χ1n) is 10.7. The normalized spacial score (nSPS) is 15.8. The highest BCUT2D eigenvalue weighted by Gasteiger charge is 2.36. The number of methoxy groups -OCH3 is 2. The molecule has 1 fully saturated rings. The van der Waals surface area contributed by atoms with Crippen LogP contribution >= 0.6 is 0 Å². The number of nitrogens with zero attached hydrogens (tertiary/aromatic N) is 3. The molecule has 4 rings (SSSR count). The molecule has 32 heavy (non-hydrogen) atoms. The maximum absolute atomic E-state index is 12.6. The topological polar surface area (TPSA) is 86.9 Å². The molecule has 3 aromatic rings. The fourth-order valence-electron chi connectivity index (χ4n) is 3.78. The molecule has 168 valence electrons. The maximum Gasteiger partial charge on any atom is 0.249 e. The smallest absolute Gasteiger partial charge is 0.249 e. The van der Waals surface area contributed by atoms with E-state index < -0.39 is 0 Å². The SMILES string of the molecule is CCCOc1ccc(-c2noc(C3CCC(=O)N3Cc3cccc(OC)c3)n2)cc1OC. The Kier molecular flexibility index (Phi) is 6.58. The van der Waals surface area contributed by atoms with Gasteiger partial charge in [0.15, 0.2) is 11.5 Å². The van der Waals surface area contributed by atoms with Crippen molar-refractivity contribution in [2.75, 3.05) is 20.8 Å². The van der Waals surface area contributed by atoms with Crippen LogP contribution in [0.2, 0.25) is 0 Å². The Labute approximate surface area is 187 Å². The summed E-state index contributed by atoms with van der Waals surface area (Å²) in [6.07, 6.45) is 1.99. The van der Waals surface area contributed by atoms with Crippen molar-refractivity contribution in [2.24, 2.45) is 0 Å². The van der Waals surface area contributed by atoms with Gasteiger partial charge in [-0.2, -0.15) is 4.98 Å². The van der Waals surface area contributed by atoms with E-state index in [-0.39, 0.29) is 11.9 Å². The predicted molar refractivity (Wildman–Crippen MR) is 118 cm³/mol. The molecule has 0 saturated carbocycles. The second-order valence-electron chi connectivity index (χ2n) is 7.60. The van der Waals surface area contributed by atoms with E-state index in [4.69, 9.17) is 18.7 Å². The average Bonchev–Trinajstić information content (AvgIpc) is 3.45. The Morgan fingerprint density at radius 2 is 2.00 bits per heavy atom. The first kappa shape index (κ1) is 21.7. The van der Waals surface area contributed by atoms with Crippen LogP contribution in [0.1, 0.15) is 43.7 Å². The monoisotopic (exact) mass is 437 g/mol. The van der Waals surface area contributed by atoms with E-state index in [1.807, 2.05) is 49.4 Å². The van der Waals surface area contributed by atoms with Crippen LogP contribution < -0.4 is 14.2 Å². The van der Waals surface area contributed by atoms with Crippen LogP contribution in [0.3, 0.4) is 0 Å². The number of carbonyl (C=O) groups excluding carboxylic acids is 1. The lowest BCUT2D eigenvalue weighted by atomic mass is 10.1. The lowest BCUT2D eigenvalue weighted by Crippen LogP contribution is -2.27. The van der Waals surface area contributed by atoms with Gasteiger partial charge >= 0.3 is 0 Å². The van der Waals surface area contributed by atoms with Gasteiger partial charge in [0.2, 0.25) is 17.6 Å². The van der Waals surface area contributed by atoms with Crippen molar-refractivity contribution in [1.82, 2.24) is 15.0 Å². The summed E-state index contributed by atoms with van der Waals surface area (Å²) >= 11 is 0. The van der Waals surface area contributed by atoms with Crippen molar-refractivity contribution in [1.29, 1.82) is 0 Å². The van der Waals surface area contributed by atoms with Crippen LogP contribution in [-0.4, -0.2) is 41.8 Å². The largest absolute Gasteiger partial charge is 0.497 e. The first-order valence-corrected chi connectivity index (χ1v) is 10.7. The van der Waals surface area contributed by atoms with Gasteiger partial charge in [-0.3, -0.25) is 4.79 Å². The molecular formula is C24H27N3O5. The van der Waals surface area contributed by atoms with Gasteiger partial charge in [-0.1, -0.05) is 24.2 Å². The molecule has 1 atom stereocenters. The van der Waals surface area contributed by atoms with E-state index in [0.717, 1.165) is 23.3 Å². The summed E-state index contributed by atoms with van der Waals surface area (Å²) in [6, 6.07) is 13.0. The number of carbonyl (C=O) groups is 1. The summed E-state index contributed by atoms with van der Waals surface area (Å²) < 4.78 is 22.0. The lowest BCUT2D eigenvalue weighted by molar-refractivity contribution is -0.130. The van der Waals surface area contributed by atoms with Gasteiger partial charge in [0.25, 0.3) is 0 Å². The number of aromatic nitrogens is 2. The van der Waals surface area contributed by atoms with Gasteiger partial charge in [-0.25, -0.2) is 0 Å². The molecule has 0 spiro atoms. The number of ether oxygens (including phenoxy) is 3. The van der Waals surface area contributed by atoms with Crippen LogP contribution in [0.25, 0.3) is 11.4 Å². The van der Waals surface area contributed by atoms with Crippen molar-refractivity contribution < 1.29 is 23.5 Å². The Balaban J connectivity index is 1.55. The minimum atomic E-state index is -0.260. The predicted octanol–water partition coefficient (Wildman–Crippen LogP) is 4.41. The third-order valence-corrected chi connectivity index (χ3v) is 5.43. The van der Waals surface area contributed by atoms with Gasteiger partial charge in [-0.05, 0) is 48.7 Å². The molecule has 0 N–H and O–H groups in total. The second kappa shape index (κ2) is 9.72. The van der Waals surface area contributed by atoms with Crippen molar-refractivity contribution >= 4 is 5.91 Å². The number of hydrogen-bond acceptors (Lipinski definition) is 7. The van der Waals surface area contributed by atoms with Crippen LogP contribution in [0.5, 0.6) is 17.2 Å². The van der Waals surface area contributed by atoms with E-state index in [0.29, 0.717) is 49.2 Å². The molecule has 8 nitrogen and oxygen atoms in total. The Morgan fingerprint density at radius 1 is 1.12 bits per heavy atom. The first-order chi connectivity index (χ1) is 15.6. The number of hydrogen-bond donors (Lipinski definition) is 0. The van der Waals surface area contributed by atoms with E-state index in [1.165, 1.54) is 0 Å². The third kappa shape index (κ3) is 4.54. The zero-order chi connectivity index (χ0) is 22.5. The summed E-state index contributed by atoms with van der Waals surface area (Å²) in [5.41, 5.74) is 1.74. The highest BCUT2D eigenvalue weighted by atomic mass is 16.5. The molecule has 1 aliphatic heterocycles. The second-order valence-corrected chi connectivity index (χ2v) is 7.60. The van der Waals surface area contributed by atoms with Crippen LogP contribution in [0.4, 0.5) is 0 Å². The van der Waals surface area contributed by atoms with Gasteiger partial charge in [-0.15, -0.1) is 0 Å². The average molecular weight is 437 g/mol. The molecule has 2 heterocycles. The molecule has 1 aliphatic rings. The molecule has 0 radical (unpaired) electrons. The third-order valence-electron chi connectivity index (χ3n) is 5.43. The molecule has 1 amide bonds. The number of likely N-dealkylation sites (tertiary alicyclic amines) is 1. The van der Waals surface area contributed by atoms with Crippen molar-refractivity contribution in [3.05, 3.63) is 53.9 Å². The summed E-state index contributed by atoms with van der Waals surface area (Å²) in [7, 11) is 3.22. The Morgan fingerprint density at radius 3 is 2.78 bits per heavy atom. The van der Waals surface area contributed by atoms with Crippen LogP contribution in [-0.2, 0) is 11.3 Å². The molecule has 1 saturated heterocycles. The van der Waals surface area contributed by atoms with Crippen LogP contribution in [0, 0.1) is 0 Å². The number of rotatable bonds is 9. The minimum Gasteiger partial charge on any atom is -0.497 e. The van der Waals surface area contributed by atoms with Gasteiger partial charge < -0.3 is 23.6 Å². The summed E-state index contributed by atoms with van der Waals surface area (Å²) in [6.45, 7) is 3.11. The number of amides is 1. The molecule has 0 bridgehead atoms. The fourth-order valence-corrected chi connectivity index (χ4v) is 3.78. The van der Waals surface area contributed by atoms with E-state index in [2.05, 4.69) is 10.1 Å². The molecular weight excluding hydrogens is 410 g/mol. The van der Waals surface area contributed by atoms with Crippen molar-refractivity contribution in [3.8, 4) is 28.6 Å². The highest BCUT2D eigenvalue weighted by molar-refractivity contribution is 5.79. The summed E-state index contributed by atoms with van der Waals surface area (Å²) in [5, 5.41) is 4.15. The quantitative estimate of drug-likeness (QED) is 0.490. The molecule has 2 aromatic carbocycles. The van der Waals surface area contributed by atoms with E-state index in [9.17, 15) is 4.79 Å². The fraction of sp³-hybridized carbons (Fsp3) is 0.375. The standard InChI is InChI=1S/C24H27N3O5/c1-4-12-31-20-10-8-17(14-21(20)30-3)23-25-24(32-26-23)19-9-11-22(28)27(19)15-16-6-5-7-18(13-16)29-2/h5-8,10,13-14,19H,4,9,11-12,15H2,1-3H3. The van der Waals surface area contributed by atoms with Gasteiger partial charge in [0, 0.05) is 18.5 Å². The molecule has 8 heteroatoms. The highest BCUT2D eigenvalue weighted by Crippen LogP contribution is 2.36. The van der Waals surface area contributed by atoms with Gasteiger partial charge in [0.1, 0.15) is 11.8 Å². The molecule has 1 aromatic heterocycles. The Bertz CT molecular complexity index is 1080. The van der Waals surface area contributed by atoms with E-state index in [1.54, 1.807) is 19.1 Å². The molecule has 0 aliphatic carbocycles. The number of benzene rings is 2. The van der Waals surface area contributed by atoms with Crippen molar-refractivity contribution in [3.63, 3.8) is 0 Å². The summed E-state index contributed by atoms with van der Waals surface area (Å²) in [5.74, 6) is 2.98. The van der Waals surface area contributed by atoms with E-state index >= 15 is 0 Å².